The van der Waals surface area contributed by atoms with Crippen molar-refractivity contribution in [3.63, 3.8) is 0 Å². The Labute approximate surface area is 170 Å². The van der Waals surface area contributed by atoms with E-state index in [-0.39, 0.29) is 18.4 Å². The van der Waals surface area contributed by atoms with Gasteiger partial charge in [-0.15, -0.1) is 11.8 Å². The predicted octanol–water partition coefficient (Wildman–Crippen LogP) is 3.89. The number of thioether (sulfide) groups is 1. The van der Waals surface area contributed by atoms with Gasteiger partial charge in [-0.3, -0.25) is 9.59 Å². The fourth-order valence-corrected chi connectivity index (χ4v) is 4.66. The number of benzene rings is 1. The SMILES string of the molecule is CCN(Cc1ccccc1)C(=O)CNC(=O)c1cccnc1SC1CCCC1. The highest BCUT2D eigenvalue weighted by Gasteiger charge is 2.21. The van der Waals surface area contributed by atoms with Crippen molar-refractivity contribution in [1.82, 2.24) is 15.2 Å². The number of rotatable bonds is 8. The van der Waals surface area contributed by atoms with Crippen molar-refractivity contribution in [2.45, 2.75) is 49.4 Å². The molecule has 1 aromatic carbocycles. The van der Waals surface area contributed by atoms with E-state index in [1.165, 1.54) is 25.7 Å². The highest BCUT2D eigenvalue weighted by molar-refractivity contribution is 7.99. The Morgan fingerprint density at radius 2 is 1.89 bits per heavy atom. The van der Waals surface area contributed by atoms with Gasteiger partial charge < -0.3 is 10.2 Å². The third-order valence-electron chi connectivity index (χ3n) is 4.95. The van der Waals surface area contributed by atoms with Crippen molar-refractivity contribution in [2.75, 3.05) is 13.1 Å². The third-order valence-corrected chi connectivity index (χ3v) is 6.30. The van der Waals surface area contributed by atoms with Gasteiger partial charge in [-0.05, 0) is 37.5 Å². The molecule has 0 unspecified atom stereocenters. The van der Waals surface area contributed by atoms with Crippen LogP contribution in [0.5, 0.6) is 0 Å². The first-order valence-corrected chi connectivity index (χ1v) is 10.8. The highest BCUT2D eigenvalue weighted by atomic mass is 32.2. The van der Waals surface area contributed by atoms with Crippen molar-refractivity contribution < 1.29 is 9.59 Å². The van der Waals surface area contributed by atoms with Crippen molar-refractivity contribution >= 4 is 23.6 Å². The topological polar surface area (TPSA) is 62.3 Å². The summed E-state index contributed by atoms with van der Waals surface area (Å²) in [6.45, 7) is 3.07. The molecule has 1 saturated carbocycles. The van der Waals surface area contributed by atoms with E-state index in [1.54, 1.807) is 35.0 Å². The van der Waals surface area contributed by atoms with E-state index in [9.17, 15) is 9.59 Å². The lowest BCUT2D eigenvalue weighted by Crippen LogP contribution is -2.39. The van der Waals surface area contributed by atoms with Gasteiger partial charge >= 0.3 is 0 Å². The Bertz CT molecular complexity index is 791. The maximum absolute atomic E-state index is 12.7. The lowest BCUT2D eigenvalue weighted by atomic mass is 10.2. The van der Waals surface area contributed by atoms with E-state index in [0.717, 1.165) is 10.6 Å². The van der Waals surface area contributed by atoms with Crippen molar-refractivity contribution in [3.8, 4) is 0 Å². The summed E-state index contributed by atoms with van der Waals surface area (Å²) < 4.78 is 0. The number of amides is 2. The zero-order chi connectivity index (χ0) is 19.8. The number of nitrogens with zero attached hydrogens (tertiary/aromatic N) is 2. The molecule has 6 heteroatoms. The Balaban J connectivity index is 1.57. The first-order chi connectivity index (χ1) is 13.7. The minimum Gasteiger partial charge on any atom is -0.343 e. The summed E-state index contributed by atoms with van der Waals surface area (Å²) in [7, 11) is 0. The molecule has 0 radical (unpaired) electrons. The van der Waals surface area contributed by atoms with Gasteiger partial charge in [-0.25, -0.2) is 4.98 Å². The van der Waals surface area contributed by atoms with Gasteiger partial charge in [0.25, 0.3) is 5.91 Å². The zero-order valence-corrected chi connectivity index (χ0v) is 17.1. The lowest BCUT2D eigenvalue weighted by molar-refractivity contribution is -0.130. The minimum atomic E-state index is -0.238. The molecule has 3 rings (SSSR count). The summed E-state index contributed by atoms with van der Waals surface area (Å²) in [6, 6.07) is 13.4. The smallest absolute Gasteiger partial charge is 0.254 e. The van der Waals surface area contributed by atoms with Gasteiger partial charge in [0.05, 0.1) is 12.1 Å². The molecule has 0 spiro atoms. The molecule has 28 heavy (non-hydrogen) atoms. The quantitative estimate of drug-likeness (QED) is 0.734. The largest absolute Gasteiger partial charge is 0.343 e. The van der Waals surface area contributed by atoms with Crippen LogP contribution >= 0.6 is 11.8 Å². The van der Waals surface area contributed by atoms with Gasteiger partial charge in [0.2, 0.25) is 5.91 Å². The maximum atomic E-state index is 12.7. The molecule has 0 atom stereocenters. The molecule has 5 nitrogen and oxygen atoms in total. The van der Waals surface area contributed by atoms with Gasteiger partial charge in [-0.1, -0.05) is 43.2 Å². The third kappa shape index (κ3) is 5.58. The van der Waals surface area contributed by atoms with E-state index in [2.05, 4.69) is 10.3 Å². The van der Waals surface area contributed by atoms with E-state index in [4.69, 9.17) is 0 Å². The van der Waals surface area contributed by atoms with E-state index < -0.39 is 0 Å². The van der Waals surface area contributed by atoms with Crippen molar-refractivity contribution in [1.29, 1.82) is 0 Å². The number of likely N-dealkylation sites (N-methyl/N-ethyl adjacent to an activating group) is 1. The average molecular weight is 398 g/mol. The second kappa shape index (κ2) is 10.3. The van der Waals surface area contributed by atoms with Gasteiger partial charge in [0.15, 0.2) is 0 Å². The van der Waals surface area contributed by atoms with Crippen LogP contribution in [0.4, 0.5) is 0 Å². The van der Waals surface area contributed by atoms with Crippen molar-refractivity contribution in [2.24, 2.45) is 0 Å². The Morgan fingerprint density at radius 3 is 2.61 bits per heavy atom. The second-order valence-corrected chi connectivity index (χ2v) is 8.25. The predicted molar refractivity (Wildman–Crippen MR) is 112 cm³/mol. The molecular weight excluding hydrogens is 370 g/mol. The molecule has 1 aromatic heterocycles. The molecular formula is C22H27N3O2S. The second-order valence-electron chi connectivity index (χ2n) is 6.96. The summed E-state index contributed by atoms with van der Waals surface area (Å²) in [6.07, 6.45) is 6.55. The van der Waals surface area contributed by atoms with Crippen LogP contribution in [-0.2, 0) is 11.3 Å². The monoisotopic (exact) mass is 397 g/mol. The van der Waals surface area contributed by atoms with Crippen LogP contribution in [0.2, 0.25) is 0 Å². The van der Waals surface area contributed by atoms with Crippen LogP contribution in [0.15, 0.2) is 53.7 Å². The van der Waals surface area contributed by atoms with Crippen LogP contribution < -0.4 is 5.32 Å². The Hall–Kier alpha value is -2.34. The Morgan fingerprint density at radius 1 is 1.14 bits per heavy atom. The van der Waals surface area contributed by atoms with E-state index in [0.29, 0.717) is 23.9 Å². The molecule has 1 heterocycles. The fourth-order valence-electron chi connectivity index (χ4n) is 3.36. The van der Waals surface area contributed by atoms with E-state index in [1.807, 2.05) is 37.3 Å². The molecule has 0 aliphatic heterocycles. The van der Waals surface area contributed by atoms with Crippen LogP contribution in [0.3, 0.4) is 0 Å². The standard InChI is InChI=1S/C22H27N3O2S/c1-2-25(16-17-9-4-3-5-10-17)20(26)15-24-21(27)19-13-8-14-23-22(19)28-18-11-6-7-12-18/h3-5,8-10,13-14,18H,2,6-7,11-12,15-16H2,1H3,(H,24,27). The average Bonchev–Trinajstić information content (AvgIpc) is 3.24. The molecule has 2 amide bonds. The number of aromatic nitrogens is 1. The minimum absolute atomic E-state index is 0.0120. The summed E-state index contributed by atoms with van der Waals surface area (Å²) in [5, 5.41) is 4.07. The first-order valence-electron chi connectivity index (χ1n) is 9.89. The maximum Gasteiger partial charge on any atom is 0.254 e. The number of carbonyl (C=O) groups excluding carboxylic acids is 2. The number of carbonyl (C=O) groups is 2. The molecule has 2 aromatic rings. The van der Waals surface area contributed by atoms with Crippen LogP contribution in [0.25, 0.3) is 0 Å². The van der Waals surface area contributed by atoms with Crippen LogP contribution in [0.1, 0.15) is 48.5 Å². The molecule has 0 saturated heterocycles. The highest BCUT2D eigenvalue weighted by Crippen LogP contribution is 2.35. The summed E-state index contributed by atoms with van der Waals surface area (Å²) in [5.41, 5.74) is 1.63. The van der Waals surface area contributed by atoms with Crippen LogP contribution in [0, 0.1) is 0 Å². The molecule has 0 bridgehead atoms. The lowest BCUT2D eigenvalue weighted by Gasteiger charge is -2.21. The molecule has 148 valence electrons. The molecule has 1 N–H and O–H groups in total. The van der Waals surface area contributed by atoms with Crippen molar-refractivity contribution in [3.05, 3.63) is 59.8 Å². The Kier molecular flexibility index (Phi) is 7.48. The number of hydrogen-bond acceptors (Lipinski definition) is 4. The summed E-state index contributed by atoms with van der Waals surface area (Å²) >= 11 is 1.69. The zero-order valence-electron chi connectivity index (χ0n) is 16.3. The number of nitrogens with one attached hydrogen (secondary N) is 1. The van der Waals surface area contributed by atoms with E-state index >= 15 is 0 Å². The molecule has 1 fully saturated rings. The van der Waals surface area contributed by atoms with Gasteiger partial charge in [0, 0.05) is 24.5 Å². The first kappa shape index (κ1) is 20.4. The number of pyridine rings is 1. The summed E-state index contributed by atoms with van der Waals surface area (Å²) in [4.78, 5) is 31.4. The van der Waals surface area contributed by atoms with Gasteiger partial charge in [-0.2, -0.15) is 0 Å². The van der Waals surface area contributed by atoms with Crippen LogP contribution in [-0.4, -0.2) is 40.0 Å². The molecule has 1 aliphatic rings. The number of hydrogen-bond donors (Lipinski definition) is 1. The van der Waals surface area contributed by atoms with Gasteiger partial charge in [0.1, 0.15) is 5.03 Å². The molecule has 1 aliphatic carbocycles. The summed E-state index contributed by atoms with van der Waals surface area (Å²) in [5.74, 6) is -0.327. The fraction of sp³-hybridized carbons (Fsp3) is 0.409. The normalized spacial score (nSPS) is 14.0.